The fourth-order valence-corrected chi connectivity index (χ4v) is 3.80. The largest absolute Gasteiger partial charge is 0.372 e. The highest BCUT2D eigenvalue weighted by molar-refractivity contribution is 14.0. The third kappa shape index (κ3) is 8.21. The summed E-state index contributed by atoms with van der Waals surface area (Å²) in [6, 6.07) is 16.5. The molecule has 1 amide bonds. The molecule has 1 aliphatic rings. The fraction of sp³-hybridized carbons (Fsp3) is 0.462. The minimum absolute atomic E-state index is 0. The van der Waals surface area contributed by atoms with Crippen LogP contribution in [0, 0.1) is 5.92 Å². The lowest BCUT2D eigenvalue weighted by Crippen LogP contribution is -2.36. The Morgan fingerprint density at radius 2 is 1.61 bits per heavy atom. The first-order chi connectivity index (χ1) is 15.5. The molecule has 2 N–H and O–H groups in total. The van der Waals surface area contributed by atoms with E-state index < -0.39 is 0 Å². The number of hydrogen-bond acceptors (Lipinski definition) is 3. The number of anilines is 1. The number of nitrogens with zero attached hydrogens (tertiary/aromatic N) is 3. The highest BCUT2D eigenvalue weighted by Crippen LogP contribution is 2.23. The molecule has 7 heteroatoms. The number of amides is 1. The van der Waals surface area contributed by atoms with Crippen molar-refractivity contribution in [3.63, 3.8) is 0 Å². The van der Waals surface area contributed by atoms with Gasteiger partial charge in [0.1, 0.15) is 0 Å². The predicted molar refractivity (Wildman–Crippen MR) is 149 cm³/mol. The second-order valence-electron chi connectivity index (χ2n) is 8.78. The minimum atomic E-state index is 0. The van der Waals surface area contributed by atoms with E-state index in [1.54, 1.807) is 19.0 Å². The van der Waals surface area contributed by atoms with Crippen molar-refractivity contribution in [3.05, 3.63) is 65.2 Å². The summed E-state index contributed by atoms with van der Waals surface area (Å²) in [6.07, 6.45) is 2.55. The van der Waals surface area contributed by atoms with Gasteiger partial charge in [-0.05, 0) is 61.1 Å². The lowest BCUT2D eigenvalue weighted by Gasteiger charge is -2.32. The average Bonchev–Trinajstić information content (AvgIpc) is 2.81. The molecule has 0 aromatic heterocycles. The van der Waals surface area contributed by atoms with Crippen LogP contribution in [0.25, 0.3) is 0 Å². The third-order valence-electron chi connectivity index (χ3n) is 5.92. The number of nitrogens with one attached hydrogen (secondary N) is 2. The third-order valence-corrected chi connectivity index (χ3v) is 5.92. The van der Waals surface area contributed by atoms with Crippen molar-refractivity contribution in [2.24, 2.45) is 10.9 Å². The van der Waals surface area contributed by atoms with E-state index in [9.17, 15) is 4.79 Å². The van der Waals surface area contributed by atoms with Gasteiger partial charge in [0.05, 0.1) is 6.54 Å². The van der Waals surface area contributed by atoms with E-state index in [4.69, 9.17) is 4.99 Å². The highest BCUT2D eigenvalue weighted by Gasteiger charge is 2.15. The van der Waals surface area contributed by atoms with Crippen LogP contribution in [-0.4, -0.2) is 50.5 Å². The summed E-state index contributed by atoms with van der Waals surface area (Å²) in [5, 5.41) is 6.69. The molecule has 180 valence electrons. The van der Waals surface area contributed by atoms with E-state index in [0.717, 1.165) is 37.1 Å². The van der Waals surface area contributed by atoms with Crippen LogP contribution in [0.1, 0.15) is 48.2 Å². The van der Waals surface area contributed by atoms with Gasteiger partial charge in [-0.2, -0.15) is 0 Å². The van der Waals surface area contributed by atoms with Crippen molar-refractivity contribution in [3.8, 4) is 0 Å². The quantitative estimate of drug-likeness (QED) is 0.296. The number of guanidine groups is 1. The minimum Gasteiger partial charge on any atom is -0.372 e. The second-order valence-corrected chi connectivity index (χ2v) is 8.78. The Labute approximate surface area is 215 Å². The monoisotopic (exact) mass is 563 g/mol. The van der Waals surface area contributed by atoms with Crippen molar-refractivity contribution in [2.45, 2.75) is 39.8 Å². The molecule has 1 saturated heterocycles. The Morgan fingerprint density at radius 1 is 1.00 bits per heavy atom. The Bertz CT molecular complexity index is 888. The second kappa shape index (κ2) is 13.4. The number of rotatable bonds is 7. The number of halogens is 1. The lowest BCUT2D eigenvalue weighted by atomic mass is 9.99. The van der Waals surface area contributed by atoms with E-state index in [1.165, 1.54) is 24.1 Å². The van der Waals surface area contributed by atoms with Crippen molar-refractivity contribution < 1.29 is 4.79 Å². The van der Waals surface area contributed by atoms with Crippen molar-refractivity contribution in [1.82, 2.24) is 15.5 Å². The smallest absolute Gasteiger partial charge is 0.253 e. The van der Waals surface area contributed by atoms with Crippen molar-refractivity contribution in [2.75, 3.05) is 38.6 Å². The van der Waals surface area contributed by atoms with Crippen LogP contribution < -0.4 is 15.5 Å². The van der Waals surface area contributed by atoms with Gasteiger partial charge in [-0.15, -0.1) is 24.0 Å². The van der Waals surface area contributed by atoms with Gasteiger partial charge < -0.3 is 20.4 Å². The zero-order valence-electron chi connectivity index (χ0n) is 20.3. The van der Waals surface area contributed by atoms with E-state index >= 15 is 0 Å². The van der Waals surface area contributed by atoms with E-state index in [0.29, 0.717) is 18.7 Å². The molecule has 0 bridgehead atoms. The van der Waals surface area contributed by atoms with Crippen LogP contribution >= 0.6 is 24.0 Å². The van der Waals surface area contributed by atoms with E-state index in [1.807, 2.05) is 24.3 Å². The van der Waals surface area contributed by atoms with Gasteiger partial charge in [0, 0.05) is 51.5 Å². The van der Waals surface area contributed by atoms with Crippen LogP contribution in [0.3, 0.4) is 0 Å². The normalized spacial score (nSPS) is 14.4. The molecule has 33 heavy (non-hydrogen) atoms. The molecule has 1 fully saturated rings. The number of carbonyl (C=O) groups is 1. The molecule has 0 aliphatic carbocycles. The first-order valence-corrected chi connectivity index (χ1v) is 11.6. The van der Waals surface area contributed by atoms with Gasteiger partial charge in [0.15, 0.2) is 5.96 Å². The fourth-order valence-electron chi connectivity index (χ4n) is 3.80. The van der Waals surface area contributed by atoms with Gasteiger partial charge in [0.2, 0.25) is 0 Å². The maximum atomic E-state index is 12.0. The Morgan fingerprint density at radius 3 is 2.18 bits per heavy atom. The molecular formula is C26H38IN5O. The lowest BCUT2D eigenvalue weighted by molar-refractivity contribution is 0.0827. The predicted octanol–water partition coefficient (Wildman–Crippen LogP) is 4.50. The molecule has 0 radical (unpaired) electrons. The first-order valence-electron chi connectivity index (χ1n) is 11.6. The summed E-state index contributed by atoms with van der Waals surface area (Å²) >= 11 is 0. The summed E-state index contributed by atoms with van der Waals surface area (Å²) in [5.41, 5.74) is 4.31. The molecular weight excluding hydrogens is 525 g/mol. The van der Waals surface area contributed by atoms with Crippen LogP contribution in [0.4, 0.5) is 5.69 Å². The summed E-state index contributed by atoms with van der Waals surface area (Å²) in [4.78, 5) is 20.8. The Hall–Kier alpha value is -2.29. The van der Waals surface area contributed by atoms with Crippen molar-refractivity contribution >= 4 is 41.5 Å². The molecule has 1 heterocycles. The highest BCUT2D eigenvalue weighted by atomic mass is 127. The molecule has 0 saturated carbocycles. The topological polar surface area (TPSA) is 60.0 Å². The number of carbonyl (C=O) groups excluding carboxylic acids is 1. The molecule has 0 spiro atoms. The summed E-state index contributed by atoms with van der Waals surface area (Å²) < 4.78 is 0. The molecule has 1 aliphatic heterocycles. The van der Waals surface area contributed by atoms with Crippen LogP contribution in [-0.2, 0) is 13.1 Å². The molecule has 2 aromatic rings. The average molecular weight is 564 g/mol. The molecule has 0 unspecified atom stereocenters. The van der Waals surface area contributed by atoms with E-state index in [-0.39, 0.29) is 29.9 Å². The van der Waals surface area contributed by atoms with Gasteiger partial charge >= 0.3 is 0 Å². The van der Waals surface area contributed by atoms with Crippen molar-refractivity contribution in [1.29, 1.82) is 0 Å². The summed E-state index contributed by atoms with van der Waals surface area (Å²) in [5.74, 6) is 1.64. The van der Waals surface area contributed by atoms with Crippen LogP contribution in [0.5, 0.6) is 0 Å². The Kier molecular flexibility index (Phi) is 11.0. The standard InChI is InChI=1S/C26H37N5O.HI/c1-5-27-26(28-18-21-6-10-23(11-7-21)25(32)30(3)4)29-19-22-8-12-24(13-9-22)31-16-14-20(2)15-17-31;/h6-13,20H,5,14-19H2,1-4H3,(H2,27,28,29);1H. The maximum Gasteiger partial charge on any atom is 0.253 e. The molecule has 6 nitrogen and oxygen atoms in total. The van der Waals surface area contributed by atoms with Gasteiger partial charge in [0.25, 0.3) is 5.91 Å². The van der Waals surface area contributed by atoms with E-state index in [2.05, 4.69) is 53.6 Å². The SMILES string of the molecule is CCNC(=NCc1ccc(N2CCC(C)CC2)cc1)NCc1ccc(C(=O)N(C)C)cc1.I. The summed E-state index contributed by atoms with van der Waals surface area (Å²) in [7, 11) is 3.52. The van der Waals surface area contributed by atoms with Gasteiger partial charge in [-0.25, -0.2) is 4.99 Å². The Balaban J connectivity index is 0.00000385. The number of piperidine rings is 1. The van der Waals surface area contributed by atoms with Gasteiger partial charge in [-0.1, -0.05) is 31.2 Å². The number of benzene rings is 2. The van der Waals surface area contributed by atoms with Crippen LogP contribution in [0.15, 0.2) is 53.5 Å². The summed E-state index contributed by atoms with van der Waals surface area (Å²) in [6.45, 7) is 8.78. The zero-order chi connectivity index (χ0) is 22.9. The maximum absolute atomic E-state index is 12.0. The van der Waals surface area contributed by atoms with Crippen LogP contribution in [0.2, 0.25) is 0 Å². The van der Waals surface area contributed by atoms with Gasteiger partial charge in [-0.3, -0.25) is 4.79 Å². The first kappa shape index (κ1) is 27.0. The molecule has 0 atom stereocenters. The zero-order valence-corrected chi connectivity index (χ0v) is 22.6. The molecule has 3 rings (SSSR count). The number of aliphatic imine (C=N–C) groups is 1. The number of hydrogen-bond donors (Lipinski definition) is 2. The molecule has 2 aromatic carbocycles.